The number of nitrogens with one attached hydrogen (secondary N) is 1. The molecule has 1 amide bonds. The molecule has 0 aromatic rings. The minimum atomic E-state index is -1.00. The van der Waals surface area contributed by atoms with Crippen LogP contribution in [0.3, 0.4) is 0 Å². The number of carbonyl (C=O) groups excluding carboxylic acids is 1. The first kappa shape index (κ1) is 15.7. The molecule has 17 heavy (non-hydrogen) atoms. The Morgan fingerprint density at radius 2 is 1.65 bits per heavy atom. The van der Waals surface area contributed by atoms with E-state index in [2.05, 4.69) is 10.5 Å². The summed E-state index contributed by atoms with van der Waals surface area (Å²) in [6.07, 6.45) is 2.58. The lowest BCUT2D eigenvalue weighted by molar-refractivity contribution is -0.128. The highest BCUT2D eigenvalue weighted by Gasteiger charge is 2.37. The van der Waals surface area contributed by atoms with Crippen molar-refractivity contribution in [3.8, 4) is 0 Å². The largest absolute Gasteiger partial charge is 0.409 e. The van der Waals surface area contributed by atoms with Gasteiger partial charge in [0, 0.05) is 5.54 Å². The molecule has 4 N–H and O–H groups in total. The standard InChI is InChI=1S/C12H25N3O2/c1-6-12(7-2,8-3)14-10(16)11(4,5)9(13)15-17/h17H,6-8H2,1-5H3,(H2,13,15)(H,14,16). The lowest BCUT2D eigenvalue weighted by atomic mass is 9.85. The summed E-state index contributed by atoms with van der Waals surface area (Å²) in [5.41, 5.74) is 4.33. The molecule has 0 bridgehead atoms. The first-order valence-corrected chi connectivity index (χ1v) is 6.10. The highest BCUT2D eigenvalue weighted by atomic mass is 16.4. The fraction of sp³-hybridized carbons (Fsp3) is 0.833. The van der Waals surface area contributed by atoms with Gasteiger partial charge in [-0.25, -0.2) is 0 Å². The summed E-state index contributed by atoms with van der Waals surface area (Å²) in [6, 6.07) is 0. The molecule has 0 aromatic heterocycles. The Labute approximate surface area is 103 Å². The maximum Gasteiger partial charge on any atom is 0.233 e. The molecule has 0 aliphatic rings. The van der Waals surface area contributed by atoms with Crippen LogP contribution in [0.2, 0.25) is 0 Å². The fourth-order valence-corrected chi connectivity index (χ4v) is 1.65. The first-order chi connectivity index (χ1) is 7.79. The zero-order valence-corrected chi connectivity index (χ0v) is 11.5. The van der Waals surface area contributed by atoms with Crippen LogP contribution in [0.1, 0.15) is 53.9 Å². The van der Waals surface area contributed by atoms with Gasteiger partial charge >= 0.3 is 0 Å². The number of amidine groups is 1. The maximum absolute atomic E-state index is 12.2. The van der Waals surface area contributed by atoms with Crippen molar-refractivity contribution in [2.24, 2.45) is 16.3 Å². The van der Waals surface area contributed by atoms with Crippen LogP contribution in [-0.2, 0) is 4.79 Å². The summed E-state index contributed by atoms with van der Waals surface area (Å²) in [6.45, 7) is 9.42. The van der Waals surface area contributed by atoms with E-state index in [1.54, 1.807) is 13.8 Å². The number of nitrogens with two attached hydrogens (primary N) is 1. The van der Waals surface area contributed by atoms with Crippen molar-refractivity contribution in [2.75, 3.05) is 0 Å². The Balaban J connectivity index is 4.97. The molecule has 0 aromatic carbocycles. The Hall–Kier alpha value is -1.26. The molecule has 0 fully saturated rings. The third kappa shape index (κ3) is 3.35. The van der Waals surface area contributed by atoms with Crippen LogP contribution >= 0.6 is 0 Å². The van der Waals surface area contributed by atoms with E-state index in [4.69, 9.17) is 10.9 Å². The van der Waals surface area contributed by atoms with Crippen LogP contribution in [0, 0.1) is 5.41 Å². The molecular formula is C12H25N3O2. The molecule has 5 nitrogen and oxygen atoms in total. The third-order valence-electron chi connectivity index (χ3n) is 3.72. The minimum Gasteiger partial charge on any atom is -0.409 e. The van der Waals surface area contributed by atoms with Gasteiger partial charge in [-0.1, -0.05) is 25.9 Å². The molecule has 0 rings (SSSR count). The minimum absolute atomic E-state index is 0.0767. The molecule has 0 saturated carbocycles. The van der Waals surface area contributed by atoms with Crippen molar-refractivity contribution < 1.29 is 10.0 Å². The first-order valence-electron chi connectivity index (χ1n) is 6.10. The summed E-state index contributed by atoms with van der Waals surface area (Å²) in [5.74, 6) is -0.287. The van der Waals surface area contributed by atoms with Crippen LogP contribution in [0.5, 0.6) is 0 Å². The predicted molar refractivity (Wildman–Crippen MR) is 68.9 cm³/mol. The molecule has 0 aliphatic heterocycles. The second-order valence-corrected chi connectivity index (χ2v) is 4.91. The number of oxime groups is 1. The summed E-state index contributed by atoms with van der Waals surface area (Å²) in [5, 5.41) is 14.6. The van der Waals surface area contributed by atoms with Crippen molar-refractivity contribution in [2.45, 2.75) is 59.4 Å². The topological polar surface area (TPSA) is 87.7 Å². The quantitative estimate of drug-likeness (QED) is 0.288. The lowest BCUT2D eigenvalue weighted by Gasteiger charge is -2.35. The van der Waals surface area contributed by atoms with E-state index in [-0.39, 0.29) is 17.3 Å². The number of rotatable bonds is 6. The molecule has 100 valence electrons. The Kier molecular flexibility index (Phi) is 5.45. The maximum atomic E-state index is 12.2. The zero-order valence-electron chi connectivity index (χ0n) is 11.5. The molecule has 0 heterocycles. The molecule has 0 atom stereocenters. The van der Waals surface area contributed by atoms with Gasteiger partial charge in [0.1, 0.15) is 5.41 Å². The average Bonchev–Trinajstić information content (AvgIpc) is 2.34. The van der Waals surface area contributed by atoms with Gasteiger partial charge in [-0.2, -0.15) is 0 Å². The summed E-state index contributed by atoms with van der Waals surface area (Å²) in [4.78, 5) is 12.2. The molecule has 0 saturated heterocycles. The molecule has 5 heteroatoms. The Morgan fingerprint density at radius 3 is 1.94 bits per heavy atom. The van der Waals surface area contributed by atoms with Gasteiger partial charge in [0.2, 0.25) is 5.91 Å². The molecule has 0 aliphatic carbocycles. The number of amides is 1. The van der Waals surface area contributed by atoms with Gasteiger partial charge in [-0.05, 0) is 33.1 Å². The van der Waals surface area contributed by atoms with Gasteiger partial charge in [-0.3, -0.25) is 4.79 Å². The van der Waals surface area contributed by atoms with E-state index in [0.717, 1.165) is 19.3 Å². The van der Waals surface area contributed by atoms with Crippen molar-refractivity contribution in [3.63, 3.8) is 0 Å². The van der Waals surface area contributed by atoms with E-state index in [1.807, 2.05) is 20.8 Å². The number of nitrogens with zero attached hydrogens (tertiary/aromatic N) is 1. The monoisotopic (exact) mass is 243 g/mol. The lowest BCUT2D eigenvalue weighted by Crippen LogP contribution is -2.54. The van der Waals surface area contributed by atoms with E-state index < -0.39 is 5.41 Å². The van der Waals surface area contributed by atoms with E-state index in [0.29, 0.717) is 0 Å². The molecule has 0 unspecified atom stereocenters. The SMILES string of the molecule is CCC(CC)(CC)NC(=O)C(C)(C)C(N)=NO. The van der Waals surface area contributed by atoms with Crippen LogP contribution in [0.4, 0.5) is 0 Å². The van der Waals surface area contributed by atoms with E-state index >= 15 is 0 Å². The average molecular weight is 243 g/mol. The molecular weight excluding hydrogens is 218 g/mol. The van der Waals surface area contributed by atoms with Gasteiger partial charge < -0.3 is 16.3 Å². The van der Waals surface area contributed by atoms with Crippen molar-refractivity contribution in [1.82, 2.24) is 5.32 Å². The van der Waals surface area contributed by atoms with Gasteiger partial charge in [0.05, 0.1) is 0 Å². The van der Waals surface area contributed by atoms with Crippen LogP contribution in [0.25, 0.3) is 0 Å². The number of carbonyl (C=O) groups is 1. The zero-order chi connectivity index (χ0) is 13.7. The highest BCUT2D eigenvalue weighted by molar-refractivity contribution is 6.06. The van der Waals surface area contributed by atoms with Crippen LogP contribution in [0.15, 0.2) is 5.16 Å². The predicted octanol–water partition coefficient (Wildman–Crippen LogP) is 1.84. The van der Waals surface area contributed by atoms with Crippen molar-refractivity contribution >= 4 is 11.7 Å². The molecule has 0 spiro atoms. The summed E-state index contributed by atoms with van der Waals surface area (Å²) >= 11 is 0. The van der Waals surface area contributed by atoms with Crippen molar-refractivity contribution in [3.05, 3.63) is 0 Å². The third-order valence-corrected chi connectivity index (χ3v) is 3.72. The van der Waals surface area contributed by atoms with Crippen LogP contribution < -0.4 is 11.1 Å². The van der Waals surface area contributed by atoms with E-state index in [1.165, 1.54) is 0 Å². The highest BCUT2D eigenvalue weighted by Crippen LogP contribution is 2.23. The normalized spacial score (nSPS) is 13.6. The summed E-state index contributed by atoms with van der Waals surface area (Å²) in [7, 11) is 0. The summed E-state index contributed by atoms with van der Waals surface area (Å²) < 4.78 is 0. The van der Waals surface area contributed by atoms with Gasteiger partial charge in [-0.15, -0.1) is 0 Å². The number of hydrogen-bond acceptors (Lipinski definition) is 3. The number of hydrogen-bond donors (Lipinski definition) is 3. The second-order valence-electron chi connectivity index (χ2n) is 4.91. The Morgan fingerprint density at radius 1 is 1.24 bits per heavy atom. The van der Waals surface area contributed by atoms with Crippen molar-refractivity contribution in [1.29, 1.82) is 0 Å². The van der Waals surface area contributed by atoms with Crippen LogP contribution in [-0.4, -0.2) is 22.5 Å². The fourth-order valence-electron chi connectivity index (χ4n) is 1.65. The molecule has 0 radical (unpaired) electrons. The van der Waals surface area contributed by atoms with E-state index in [9.17, 15) is 4.79 Å². The second kappa shape index (κ2) is 5.89. The van der Waals surface area contributed by atoms with Gasteiger partial charge in [0.25, 0.3) is 0 Å². The Bertz CT molecular complexity index is 286. The smallest absolute Gasteiger partial charge is 0.233 e. The van der Waals surface area contributed by atoms with Gasteiger partial charge in [0.15, 0.2) is 5.84 Å².